The summed E-state index contributed by atoms with van der Waals surface area (Å²) in [7, 11) is 1.73. The fraction of sp³-hybridized carbons (Fsp3) is 0.417. The first kappa shape index (κ1) is 13.2. The number of carbonyl (C=O) groups is 1. The van der Waals surface area contributed by atoms with Crippen molar-refractivity contribution < 1.29 is 9.18 Å². The van der Waals surface area contributed by atoms with Gasteiger partial charge in [-0.25, -0.2) is 4.39 Å². The molecule has 1 atom stereocenters. The molecule has 0 aliphatic carbocycles. The summed E-state index contributed by atoms with van der Waals surface area (Å²) in [4.78, 5) is 13.6. The molecule has 0 bridgehead atoms. The molecule has 0 spiro atoms. The fourth-order valence-electron chi connectivity index (χ4n) is 1.31. The van der Waals surface area contributed by atoms with Crippen LogP contribution in [0.5, 0.6) is 0 Å². The molecule has 1 amide bonds. The molecule has 0 aromatic heterocycles. The molecule has 1 aromatic rings. The molecule has 4 heteroatoms. The third kappa shape index (κ3) is 2.82. The van der Waals surface area contributed by atoms with Gasteiger partial charge < -0.3 is 4.90 Å². The molecule has 0 fully saturated rings. The highest BCUT2D eigenvalue weighted by Gasteiger charge is 2.16. The van der Waals surface area contributed by atoms with Gasteiger partial charge in [-0.15, -0.1) is 0 Å². The zero-order valence-corrected chi connectivity index (χ0v) is 11.2. The minimum atomic E-state index is -0.414. The second-order valence-corrected chi connectivity index (χ2v) is 4.66. The summed E-state index contributed by atoms with van der Waals surface area (Å²) in [5, 5.41) is 0. The molecule has 0 aliphatic rings. The fourth-order valence-corrected chi connectivity index (χ4v) is 1.55. The van der Waals surface area contributed by atoms with Gasteiger partial charge in [0.05, 0.1) is 4.47 Å². The van der Waals surface area contributed by atoms with Crippen molar-refractivity contribution in [1.29, 1.82) is 0 Å². The van der Waals surface area contributed by atoms with Crippen molar-refractivity contribution in [1.82, 2.24) is 4.90 Å². The Morgan fingerprint density at radius 2 is 2.19 bits per heavy atom. The zero-order valence-electron chi connectivity index (χ0n) is 9.63. The van der Waals surface area contributed by atoms with E-state index < -0.39 is 5.82 Å². The molecule has 0 heterocycles. The van der Waals surface area contributed by atoms with Gasteiger partial charge in [0.1, 0.15) is 5.82 Å². The molecule has 1 rings (SSSR count). The third-order valence-corrected chi connectivity index (χ3v) is 3.38. The van der Waals surface area contributed by atoms with E-state index in [1.54, 1.807) is 24.1 Å². The molecule has 1 aromatic carbocycles. The van der Waals surface area contributed by atoms with E-state index in [0.717, 1.165) is 6.42 Å². The maximum absolute atomic E-state index is 13.3. The van der Waals surface area contributed by atoms with Crippen LogP contribution in [-0.2, 0) is 0 Å². The Balaban J connectivity index is 2.92. The highest BCUT2D eigenvalue weighted by atomic mass is 79.9. The molecule has 0 saturated heterocycles. The van der Waals surface area contributed by atoms with Crippen molar-refractivity contribution in [2.24, 2.45) is 0 Å². The first-order valence-electron chi connectivity index (χ1n) is 5.19. The molecule has 0 aliphatic heterocycles. The van der Waals surface area contributed by atoms with Crippen molar-refractivity contribution in [2.45, 2.75) is 26.3 Å². The Morgan fingerprint density at radius 3 is 2.69 bits per heavy atom. The summed E-state index contributed by atoms with van der Waals surface area (Å²) in [5.41, 5.74) is 0.378. The van der Waals surface area contributed by atoms with Crippen LogP contribution in [0.3, 0.4) is 0 Å². The monoisotopic (exact) mass is 287 g/mol. The predicted molar refractivity (Wildman–Crippen MR) is 65.9 cm³/mol. The first-order chi connectivity index (χ1) is 7.47. The van der Waals surface area contributed by atoms with Gasteiger partial charge in [0.15, 0.2) is 0 Å². The Labute approximate surface area is 104 Å². The van der Waals surface area contributed by atoms with E-state index in [2.05, 4.69) is 15.9 Å². The van der Waals surface area contributed by atoms with Crippen LogP contribution in [0.1, 0.15) is 30.6 Å². The van der Waals surface area contributed by atoms with Crippen LogP contribution in [0.15, 0.2) is 22.7 Å². The topological polar surface area (TPSA) is 20.3 Å². The Morgan fingerprint density at radius 1 is 1.56 bits per heavy atom. The summed E-state index contributed by atoms with van der Waals surface area (Å²) in [6.07, 6.45) is 0.876. The van der Waals surface area contributed by atoms with Crippen molar-refractivity contribution in [3.05, 3.63) is 34.1 Å². The minimum absolute atomic E-state index is 0.152. The summed E-state index contributed by atoms with van der Waals surface area (Å²) >= 11 is 3.06. The minimum Gasteiger partial charge on any atom is -0.339 e. The molecular formula is C12H15BrFNO. The number of amides is 1. The first-order valence-corrected chi connectivity index (χ1v) is 5.98. The number of nitrogens with zero attached hydrogens (tertiary/aromatic N) is 1. The van der Waals surface area contributed by atoms with Gasteiger partial charge in [0, 0.05) is 18.7 Å². The second kappa shape index (κ2) is 5.43. The maximum atomic E-state index is 13.3. The third-order valence-electron chi connectivity index (χ3n) is 2.74. The number of carbonyl (C=O) groups excluding carboxylic acids is 1. The zero-order chi connectivity index (χ0) is 12.3. The highest BCUT2D eigenvalue weighted by molar-refractivity contribution is 9.10. The lowest BCUT2D eigenvalue weighted by atomic mass is 10.1. The van der Waals surface area contributed by atoms with E-state index in [1.165, 1.54) is 6.07 Å². The van der Waals surface area contributed by atoms with Crippen LogP contribution in [0, 0.1) is 5.82 Å². The quantitative estimate of drug-likeness (QED) is 0.834. The highest BCUT2D eigenvalue weighted by Crippen LogP contribution is 2.18. The van der Waals surface area contributed by atoms with Gasteiger partial charge in [-0.1, -0.05) is 6.92 Å². The average Bonchev–Trinajstić information content (AvgIpc) is 2.29. The largest absolute Gasteiger partial charge is 0.339 e. The maximum Gasteiger partial charge on any atom is 0.253 e. The van der Waals surface area contributed by atoms with Crippen molar-refractivity contribution in [2.75, 3.05) is 7.05 Å². The molecule has 88 valence electrons. The van der Waals surface area contributed by atoms with E-state index in [9.17, 15) is 9.18 Å². The standard InChI is InChI=1S/C12H15BrFNO/c1-4-8(2)15(3)12(16)9-5-6-10(13)11(14)7-9/h5-8H,4H2,1-3H3. The number of halogens is 2. The summed E-state index contributed by atoms with van der Waals surface area (Å²) in [5.74, 6) is -0.566. The molecule has 16 heavy (non-hydrogen) atoms. The average molecular weight is 288 g/mol. The van der Waals surface area contributed by atoms with Crippen molar-refractivity contribution in [3.63, 3.8) is 0 Å². The Kier molecular flexibility index (Phi) is 4.47. The number of hydrogen-bond acceptors (Lipinski definition) is 1. The van der Waals surface area contributed by atoms with Gasteiger partial charge in [-0.2, -0.15) is 0 Å². The van der Waals surface area contributed by atoms with Crippen LogP contribution < -0.4 is 0 Å². The Hall–Kier alpha value is -0.900. The second-order valence-electron chi connectivity index (χ2n) is 3.80. The van der Waals surface area contributed by atoms with Gasteiger partial charge in [0.2, 0.25) is 0 Å². The van der Waals surface area contributed by atoms with E-state index in [-0.39, 0.29) is 11.9 Å². The Bertz CT molecular complexity index is 395. The lowest BCUT2D eigenvalue weighted by Gasteiger charge is -2.23. The van der Waals surface area contributed by atoms with Gasteiger partial charge in [0.25, 0.3) is 5.91 Å². The van der Waals surface area contributed by atoms with E-state index in [1.807, 2.05) is 13.8 Å². The van der Waals surface area contributed by atoms with Crippen LogP contribution in [0.4, 0.5) is 4.39 Å². The molecule has 2 nitrogen and oxygen atoms in total. The summed E-state index contributed by atoms with van der Waals surface area (Å²) in [6, 6.07) is 4.58. The van der Waals surface area contributed by atoms with Crippen LogP contribution in [-0.4, -0.2) is 23.9 Å². The summed E-state index contributed by atoms with van der Waals surface area (Å²) < 4.78 is 13.6. The molecule has 0 saturated carbocycles. The van der Waals surface area contributed by atoms with E-state index in [0.29, 0.717) is 10.0 Å². The van der Waals surface area contributed by atoms with Crippen LogP contribution in [0.2, 0.25) is 0 Å². The van der Waals surface area contributed by atoms with Crippen LogP contribution >= 0.6 is 15.9 Å². The predicted octanol–water partition coefficient (Wildman–Crippen LogP) is 3.46. The summed E-state index contributed by atoms with van der Waals surface area (Å²) in [6.45, 7) is 3.98. The molecule has 0 radical (unpaired) electrons. The number of rotatable bonds is 3. The van der Waals surface area contributed by atoms with Crippen molar-refractivity contribution in [3.8, 4) is 0 Å². The van der Waals surface area contributed by atoms with Crippen molar-refractivity contribution >= 4 is 21.8 Å². The smallest absolute Gasteiger partial charge is 0.253 e. The molecule has 0 N–H and O–H groups in total. The number of benzene rings is 1. The SMILES string of the molecule is CCC(C)N(C)C(=O)c1ccc(Br)c(F)c1. The molecule has 1 unspecified atom stereocenters. The lowest BCUT2D eigenvalue weighted by molar-refractivity contribution is 0.0740. The molecular weight excluding hydrogens is 273 g/mol. The van der Waals surface area contributed by atoms with Gasteiger partial charge in [-0.05, 0) is 47.5 Å². The lowest BCUT2D eigenvalue weighted by Crippen LogP contribution is -2.34. The van der Waals surface area contributed by atoms with Gasteiger partial charge >= 0.3 is 0 Å². The van der Waals surface area contributed by atoms with Gasteiger partial charge in [-0.3, -0.25) is 4.79 Å². The number of hydrogen-bond donors (Lipinski definition) is 0. The van der Waals surface area contributed by atoms with E-state index >= 15 is 0 Å². The van der Waals surface area contributed by atoms with E-state index in [4.69, 9.17) is 0 Å². The van der Waals surface area contributed by atoms with Crippen LogP contribution in [0.25, 0.3) is 0 Å². The normalized spacial score (nSPS) is 12.3.